The Hall–Kier alpha value is -1.69. The van der Waals surface area contributed by atoms with Crippen LogP contribution in [0.15, 0.2) is 42.9 Å². The summed E-state index contributed by atoms with van der Waals surface area (Å²) in [4.78, 5) is 8.24. The number of aromatic nitrogens is 2. The van der Waals surface area contributed by atoms with Crippen molar-refractivity contribution in [1.29, 1.82) is 0 Å². The Labute approximate surface area is 116 Å². The monoisotopic (exact) mass is 278 g/mol. The van der Waals surface area contributed by atoms with E-state index in [-0.39, 0.29) is 12.1 Å². The number of hydrogen-bond acceptors (Lipinski definition) is 5. The highest BCUT2D eigenvalue weighted by atomic mass is 35.5. The minimum Gasteiger partial charge on any atom is -0.489 e. The van der Waals surface area contributed by atoms with E-state index < -0.39 is 0 Å². The van der Waals surface area contributed by atoms with Gasteiger partial charge in [-0.15, -0.1) is 0 Å². The molecule has 1 aromatic heterocycles. The van der Waals surface area contributed by atoms with Gasteiger partial charge in [-0.1, -0.05) is 17.7 Å². The number of hydrazine groups is 1. The molecule has 19 heavy (non-hydrogen) atoms. The first-order valence-corrected chi connectivity index (χ1v) is 6.23. The molecule has 2 aromatic rings. The van der Waals surface area contributed by atoms with Gasteiger partial charge < -0.3 is 4.74 Å². The molecule has 0 amide bonds. The number of nitrogens with one attached hydrogen (secondary N) is 1. The molecule has 2 atom stereocenters. The first-order valence-electron chi connectivity index (χ1n) is 5.85. The zero-order valence-electron chi connectivity index (χ0n) is 10.5. The molecule has 0 saturated heterocycles. The zero-order valence-corrected chi connectivity index (χ0v) is 11.2. The second kappa shape index (κ2) is 6.47. The second-order valence-electron chi connectivity index (χ2n) is 4.05. The predicted molar refractivity (Wildman–Crippen MR) is 73.6 cm³/mol. The third-order valence-electron chi connectivity index (χ3n) is 2.67. The summed E-state index contributed by atoms with van der Waals surface area (Å²) in [5, 5.41) is 0.626. The van der Waals surface area contributed by atoms with E-state index in [9.17, 15) is 0 Å². The lowest BCUT2D eigenvalue weighted by Crippen LogP contribution is -2.38. The number of rotatable bonds is 5. The number of nitrogens with two attached hydrogens (primary N) is 1. The van der Waals surface area contributed by atoms with Gasteiger partial charge in [0.05, 0.1) is 11.9 Å². The van der Waals surface area contributed by atoms with Crippen LogP contribution >= 0.6 is 11.6 Å². The van der Waals surface area contributed by atoms with E-state index in [1.165, 1.54) is 0 Å². The van der Waals surface area contributed by atoms with Crippen LogP contribution in [0, 0.1) is 0 Å². The molecule has 100 valence electrons. The number of halogens is 1. The van der Waals surface area contributed by atoms with Crippen LogP contribution in [-0.2, 0) is 0 Å². The van der Waals surface area contributed by atoms with Crippen LogP contribution in [0.1, 0.15) is 18.7 Å². The summed E-state index contributed by atoms with van der Waals surface area (Å²) in [5.74, 6) is 6.25. The summed E-state index contributed by atoms with van der Waals surface area (Å²) < 4.78 is 5.81. The third kappa shape index (κ3) is 3.64. The van der Waals surface area contributed by atoms with E-state index in [2.05, 4.69) is 15.4 Å². The summed E-state index contributed by atoms with van der Waals surface area (Å²) in [5.41, 5.74) is 3.41. The lowest BCUT2D eigenvalue weighted by molar-refractivity contribution is 0.168. The Morgan fingerprint density at radius 1 is 1.37 bits per heavy atom. The van der Waals surface area contributed by atoms with Gasteiger partial charge >= 0.3 is 0 Å². The number of benzene rings is 1. The van der Waals surface area contributed by atoms with E-state index in [1.807, 2.05) is 19.1 Å². The molecule has 1 aromatic carbocycles. The molecule has 0 spiro atoms. The maximum Gasteiger partial charge on any atom is 0.121 e. The van der Waals surface area contributed by atoms with Crippen LogP contribution in [0.3, 0.4) is 0 Å². The molecular weight excluding hydrogens is 264 g/mol. The van der Waals surface area contributed by atoms with E-state index in [4.69, 9.17) is 22.2 Å². The molecule has 0 fully saturated rings. The molecule has 6 heteroatoms. The molecule has 2 unspecified atom stereocenters. The molecule has 0 aliphatic rings. The van der Waals surface area contributed by atoms with Gasteiger partial charge in [0, 0.05) is 17.4 Å². The molecule has 0 bridgehead atoms. The highest BCUT2D eigenvalue weighted by Gasteiger charge is 2.21. The van der Waals surface area contributed by atoms with E-state index in [1.54, 1.807) is 30.7 Å². The first-order chi connectivity index (χ1) is 9.20. The van der Waals surface area contributed by atoms with Crippen LogP contribution < -0.4 is 16.0 Å². The SMILES string of the molecule is CC(Oc1cccc(Cl)c1)C(NN)c1cnccn1. The minimum absolute atomic E-state index is 0.222. The molecule has 1 heterocycles. The van der Waals surface area contributed by atoms with Crippen molar-refractivity contribution in [1.82, 2.24) is 15.4 Å². The molecule has 0 aliphatic heterocycles. The molecule has 2 rings (SSSR count). The minimum atomic E-state index is -0.257. The average molecular weight is 279 g/mol. The highest BCUT2D eigenvalue weighted by molar-refractivity contribution is 6.30. The maximum atomic E-state index is 5.92. The van der Waals surface area contributed by atoms with Crippen molar-refractivity contribution in [2.75, 3.05) is 0 Å². The molecule has 0 aliphatic carbocycles. The fourth-order valence-electron chi connectivity index (χ4n) is 1.76. The van der Waals surface area contributed by atoms with Crippen molar-refractivity contribution in [2.45, 2.75) is 19.1 Å². The molecule has 3 N–H and O–H groups in total. The van der Waals surface area contributed by atoms with Crippen molar-refractivity contribution in [2.24, 2.45) is 5.84 Å². The predicted octanol–water partition coefficient (Wildman–Crippen LogP) is 2.10. The van der Waals surface area contributed by atoms with E-state index in [0.717, 1.165) is 5.69 Å². The Kier molecular flexibility index (Phi) is 4.68. The van der Waals surface area contributed by atoms with Crippen LogP contribution in [0.5, 0.6) is 5.75 Å². The summed E-state index contributed by atoms with van der Waals surface area (Å²) in [7, 11) is 0. The van der Waals surface area contributed by atoms with Crippen molar-refractivity contribution < 1.29 is 4.74 Å². The topological polar surface area (TPSA) is 73.1 Å². The van der Waals surface area contributed by atoms with Gasteiger partial charge in [-0.3, -0.25) is 15.8 Å². The standard InChI is InChI=1S/C13H15ClN4O/c1-9(19-11-4-2-3-10(14)7-11)13(18-15)12-8-16-5-6-17-12/h2-9,13,18H,15H2,1H3. The van der Waals surface area contributed by atoms with Crippen LogP contribution in [0.4, 0.5) is 0 Å². The van der Waals surface area contributed by atoms with E-state index in [0.29, 0.717) is 10.8 Å². The second-order valence-corrected chi connectivity index (χ2v) is 4.49. The molecule has 0 saturated carbocycles. The van der Waals surface area contributed by atoms with Gasteiger partial charge in [0.25, 0.3) is 0 Å². The van der Waals surface area contributed by atoms with Gasteiger partial charge in [0.15, 0.2) is 0 Å². The smallest absolute Gasteiger partial charge is 0.121 e. The Morgan fingerprint density at radius 2 is 2.21 bits per heavy atom. The van der Waals surface area contributed by atoms with Gasteiger partial charge in [-0.25, -0.2) is 5.43 Å². The van der Waals surface area contributed by atoms with Crippen LogP contribution in [-0.4, -0.2) is 16.1 Å². The van der Waals surface area contributed by atoms with Gasteiger partial charge in [0.1, 0.15) is 17.9 Å². The molecule has 0 radical (unpaired) electrons. The Morgan fingerprint density at radius 3 is 2.84 bits per heavy atom. The largest absolute Gasteiger partial charge is 0.489 e. The summed E-state index contributed by atoms with van der Waals surface area (Å²) in [6, 6.07) is 6.96. The number of ether oxygens (including phenoxy) is 1. The van der Waals surface area contributed by atoms with Crippen LogP contribution in [0.2, 0.25) is 5.02 Å². The summed E-state index contributed by atoms with van der Waals surface area (Å²) in [6.07, 6.45) is 4.66. The summed E-state index contributed by atoms with van der Waals surface area (Å²) >= 11 is 5.92. The summed E-state index contributed by atoms with van der Waals surface area (Å²) in [6.45, 7) is 1.90. The van der Waals surface area contributed by atoms with Gasteiger partial charge in [-0.2, -0.15) is 0 Å². The van der Waals surface area contributed by atoms with E-state index >= 15 is 0 Å². The zero-order chi connectivity index (χ0) is 13.7. The maximum absolute atomic E-state index is 5.92. The van der Waals surface area contributed by atoms with Crippen molar-refractivity contribution >= 4 is 11.6 Å². The van der Waals surface area contributed by atoms with Crippen molar-refractivity contribution in [3.05, 3.63) is 53.6 Å². The highest BCUT2D eigenvalue weighted by Crippen LogP contribution is 2.22. The van der Waals surface area contributed by atoms with Crippen molar-refractivity contribution in [3.63, 3.8) is 0 Å². The number of hydrogen-bond donors (Lipinski definition) is 2. The normalized spacial score (nSPS) is 13.8. The fraction of sp³-hybridized carbons (Fsp3) is 0.231. The fourth-order valence-corrected chi connectivity index (χ4v) is 1.94. The Bertz CT molecular complexity index is 523. The average Bonchev–Trinajstić information content (AvgIpc) is 2.41. The Balaban J connectivity index is 2.11. The molecule has 5 nitrogen and oxygen atoms in total. The lowest BCUT2D eigenvalue weighted by atomic mass is 10.1. The molecular formula is C13H15ClN4O. The van der Waals surface area contributed by atoms with Crippen molar-refractivity contribution in [3.8, 4) is 5.75 Å². The lowest BCUT2D eigenvalue weighted by Gasteiger charge is -2.23. The quantitative estimate of drug-likeness (QED) is 0.647. The third-order valence-corrected chi connectivity index (χ3v) is 2.90. The van der Waals surface area contributed by atoms with Gasteiger partial charge in [-0.05, 0) is 25.1 Å². The first kappa shape index (κ1) is 13.7. The van der Waals surface area contributed by atoms with Gasteiger partial charge in [0.2, 0.25) is 0 Å². The number of nitrogens with zero attached hydrogens (tertiary/aromatic N) is 2. The van der Waals surface area contributed by atoms with Crippen LogP contribution in [0.25, 0.3) is 0 Å².